The number of nitrogens with zero attached hydrogens (tertiary/aromatic N) is 1. The predicted molar refractivity (Wildman–Crippen MR) is 61.3 cm³/mol. The number of hydrogen-bond acceptors (Lipinski definition) is 6. The van der Waals surface area contributed by atoms with Gasteiger partial charge in [0.25, 0.3) is 6.04 Å². The predicted octanol–water partition coefficient (Wildman–Crippen LogP) is -0.921. The molecule has 0 aliphatic rings. The van der Waals surface area contributed by atoms with Crippen LogP contribution in [0.15, 0.2) is 30.3 Å². The van der Waals surface area contributed by atoms with Gasteiger partial charge in [-0.2, -0.15) is 0 Å². The fourth-order valence-electron chi connectivity index (χ4n) is 1.61. The lowest BCUT2D eigenvalue weighted by Gasteiger charge is -2.23. The number of benzene rings is 1. The van der Waals surface area contributed by atoms with Gasteiger partial charge < -0.3 is 20.4 Å². The van der Waals surface area contributed by atoms with E-state index in [4.69, 9.17) is 5.11 Å². The second kappa shape index (κ2) is 6.41. The Labute approximate surface area is 103 Å². The molecule has 0 amide bonds. The van der Waals surface area contributed by atoms with Crippen molar-refractivity contribution in [3.05, 3.63) is 46.0 Å². The van der Waals surface area contributed by atoms with Crippen LogP contribution in [-0.2, 0) is 0 Å². The van der Waals surface area contributed by atoms with Gasteiger partial charge in [0.15, 0.2) is 6.10 Å². The van der Waals surface area contributed by atoms with Crippen molar-refractivity contribution in [2.45, 2.75) is 24.4 Å². The highest BCUT2D eigenvalue weighted by Gasteiger charge is 2.41. The number of aliphatic hydroxyl groups is 4. The van der Waals surface area contributed by atoms with Crippen LogP contribution >= 0.6 is 0 Å². The third-order valence-electron chi connectivity index (χ3n) is 2.64. The van der Waals surface area contributed by atoms with Gasteiger partial charge in [0.1, 0.15) is 12.2 Å². The van der Waals surface area contributed by atoms with Crippen molar-refractivity contribution in [2.24, 2.45) is 0 Å². The van der Waals surface area contributed by atoms with E-state index in [1.807, 2.05) is 0 Å². The summed E-state index contributed by atoms with van der Waals surface area (Å²) in [6, 6.07) is 5.98. The van der Waals surface area contributed by atoms with Crippen LogP contribution in [0, 0.1) is 10.1 Å². The first-order valence-corrected chi connectivity index (χ1v) is 5.32. The fourth-order valence-corrected chi connectivity index (χ4v) is 1.61. The highest BCUT2D eigenvalue weighted by Crippen LogP contribution is 2.22. The van der Waals surface area contributed by atoms with Crippen LogP contribution in [0.2, 0.25) is 0 Å². The molecule has 100 valence electrons. The molecule has 0 fully saturated rings. The smallest absolute Gasteiger partial charge is 0.270 e. The highest BCUT2D eigenvalue weighted by molar-refractivity contribution is 5.18. The molecule has 0 aliphatic heterocycles. The van der Waals surface area contributed by atoms with Crippen LogP contribution in [-0.4, -0.2) is 50.2 Å². The van der Waals surface area contributed by atoms with Crippen molar-refractivity contribution >= 4 is 0 Å². The molecule has 7 heteroatoms. The summed E-state index contributed by atoms with van der Waals surface area (Å²) in [5.41, 5.74) is 0.253. The third-order valence-corrected chi connectivity index (χ3v) is 2.64. The second-order valence-corrected chi connectivity index (χ2v) is 3.87. The monoisotopic (exact) mass is 257 g/mol. The molecular formula is C11H15NO6. The quantitative estimate of drug-likeness (QED) is 0.386. The Bertz CT molecular complexity index is 384. The van der Waals surface area contributed by atoms with Crippen molar-refractivity contribution in [1.29, 1.82) is 0 Å². The van der Waals surface area contributed by atoms with E-state index in [-0.39, 0.29) is 5.56 Å². The zero-order chi connectivity index (χ0) is 13.7. The van der Waals surface area contributed by atoms with Crippen LogP contribution in [0.1, 0.15) is 11.7 Å². The molecule has 0 bridgehead atoms. The molecule has 0 spiro atoms. The summed E-state index contributed by atoms with van der Waals surface area (Å²) in [7, 11) is 0. The van der Waals surface area contributed by atoms with Crippen molar-refractivity contribution in [3.63, 3.8) is 0 Å². The zero-order valence-electron chi connectivity index (χ0n) is 9.46. The van der Waals surface area contributed by atoms with Crippen molar-refractivity contribution in [2.75, 3.05) is 6.61 Å². The van der Waals surface area contributed by atoms with E-state index in [9.17, 15) is 25.4 Å². The summed E-state index contributed by atoms with van der Waals surface area (Å²) in [6.07, 6.45) is -5.11. The molecule has 0 radical (unpaired) electrons. The number of rotatable bonds is 6. The molecule has 0 heterocycles. The maximum atomic E-state index is 10.9. The average Bonchev–Trinajstić information content (AvgIpc) is 2.38. The SMILES string of the molecule is O=[N+]([O-])C(C(O)c1ccccc1)C(O)C(O)CO. The van der Waals surface area contributed by atoms with Gasteiger partial charge in [-0.3, -0.25) is 10.1 Å². The number of nitro groups is 1. The minimum atomic E-state index is -1.86. The minimum Gasteiger partial charge on any atom is -0.394 e. The molecule has 18 heavy (non-hydrogen) atoms. The van der Waals surface area contributed by atoms with Crippen molar-refractivity contribution < 1.29 is 25.3 Å². The first-order valence-electron chi connectivity index (χ1n) is 5.32. The van der Waals surface area contributed by atoms with Crippen LogP contribution in [0.4, 0.5) is 0 Å². The van der Waals surface area contributed by atoms with E-state index >= 15 is 0 Å². The average molecular weight is 257 g/mol. The van der Waals surface area contributed by atoms with E-state index < -0.39 is 35.9 Å². The summed E-state index contributed by atoms with van der Waals surface area (Å²) in [5, 5.41) is 48.2. The Kier molecular flexibility index (Phi) is 5.17. The standard InChI is InChI=1S/C11H15NO6/c13-6-8(14)11(16)9(12(17)18)10(15)7-4-2-1-3-5-7/h1-5,8-11,13-16H,6H2. The summed E-state index contributed by atoms with van der Waals surface area (Å²) in [5.74, 6) is 0. The van der Waals surface area contributed by atoms with E-state index in [0.717, 1.165) is 0 Å². The Hall–Kier alpha value is -1.54. The first-order chi connectivity index (χ1) is 8.49. The molecule has 0 aliphatic carbocycles. The molecule has 0 saturated heterocycles. The minimum absolute atomic E-state index is 0.253. The van der Waals surface area contributed by atoms with Crippen molar-refractivity contribution in [1.82, 2.24) is 0 Å². The van der Waals surface area contributed by atoms with Gasteiger partial charge in [-0.1, -0.05) is 30.3 Å². The number of hydrogen-bond donors (Lipinski definition) is 4. The van der Waals surface area contributed by atoms with Crippen molar-refractivity contribution in [3.8, 4) is 0 Å². The molecule has 4 unspecified atom stereocenters. The molecular weight excluding hydrogens is 242 g/mol. The van der Waals surface area contributed by atoms with Gasteiger partial charge in [0.2, 0.25) is 0 Å². The summed E-state index contributed by atoms with van der Waals surface area (Å²) < 4.78 is 0. The molecule has 1 rings (SSSR count). The van der Waals surface area contributed by atoms with E-state index in [1.54, 1.807) is 18.2 Å². The first kappa shape index (κ1) is 14.5. The molecule has 7 nitrogen and oxygen atoms in total. The topological polar surface area (TPSA) is 124 Å². The zero-order valence-corrected chi connectivity index (χ0v) is 9.46. The van der Waals surface area contributed by atoms with Gasteiger partial charge in [-0.25, -0.2) is 0 Å². The molecule has 4 N–H and O–H groups in total. The van der Waals surface area contributed by atoms with Gasteiger partial charge in [-0.15, -0.1) is 0 Å². The Morgan fingerprint density at radius 2 is 1.72 bits per heavy atom. The highest BCUT2D eigenvalue weighted by atomic mass is 16.6. The Balaban J connectivity index is 2.95. The fraction of sp³-hybridized carbons (Fsp3) is 0.455. The second-order valence-electron chi connectivity index (χ2n) is 3.87. The summed E-state index contributed by atoms with van der Waals surface area (Å²) in [4.78, 5) is 10.00. The molecule has 1 aromatic rings. The van der Waals surface area contributed by atoms with Gasteiger partial charge >= 0.3 is 0 Å². The van der Waals surface area contributed by atoms with E-state index in [2.05, 4.69) is 0 Å². The van der Waals surface area contributed by atoms with Crippen LogP contribution in [0.5, 0.6) is 0 Å². The summed E-state index contributed by atoms with van der Waals surface area (Å²) >= 11 is 0. The number of aliphatic hydroxyl groups excluding tert-OH is 4. The largest absolute Gasteiger partial charge is 0.394 e. The lowest BCUT2D eigenvalue weighted by Crippen LogP contribution is -2.47. The van der Waals surface area contributed by atoms with Gasteiger partial charge in [-0.05, 0) is 5.56 Å². The Morgan fingerprint density at radius 1 is 1.17 bits per heavy atom. The molecule has 0 aromatic heterocycles. The van der Waals surface area contributed by atoms with Gasteiger partial charge in [0, 0.05) is 4.92 Å². The Morgan fingerprint density at radius 3 is 2.17 bits per heavy atom. The normalized spacial score (nSPS) is 17.8. The summed E-state index contributed by atoms with van der Waals surface area (Å²) in [6.45, 7) is -0.826. The van der Waals surface area contributed by atoms with Gasteiger partial charge in [0.05, 0.1) is 6.61 Å². The third kappa shape index (κ3) is 3.23. The molecule has 0 saturated carbocycles. The van der Waals surface area contributed by atoms with Crippen LogP contribution < -0.4 is 0 Å². The maximum absolute atomic E-state index is 10.9. The van der Waals surface area contributed by atoms with E-state index in [1.165, 1.54) is 12.1 Å². The lowest BCUT2D eigenvalue weighted by atomic mass is 9.95. The maximum Gasteiger partial charge on any atom is 0.270 e. The van der Waals surface area contributed by atoms with E-state index in [0.29, 0.717) is 0 Å². The molecule has 4 atom stereocenters. The lowest BCUT2D eigenvalue weighted by molar-refractivity contribution is -0.550. The van der Waals surface area contributed by atoms with Crippen LogP contribution in [0.3, 0.4) is 0 Å². The molecule has 1 aromatic carbocycles. The van der Waals surface area contributed by atoms with Crippen LogP contribution in [0.25, 0.3) is 0 Å².